The molecule has 2 nitrogen and oxygen atoms in total. The van der Waals surface area contributed by atoms with Crippen LogP contribution in [0.25, 0.3) is 0 Å². The average molecular weight is 288 g/mol. The van der Waals surface area contributed by atoms with Crippen LogP contribution in [0, 0.1) is 30.4 Å². The summed E-state index contributed by atoms with van der Waals surface area (Å²) in [6, 6.07) is 8.70. The second-order valence-electron chi connectivity index (χ2n) is 4.46. The van der Waals surface area contributed by atoms with Crippen molar-refractivity contribution >= 4 is 0 Å². The molecule has 0 amide bonds. The first kappa shape index (κ1) is 15.0. The number of halogens is 2. The number of hydrogen-bond donors (Lipinski definition) is 1. The lowest BCUT2D eigenvalue weighted by molar-refractivity contribution is 0.297. The van der Waals surface area contributed by atoms with Gasteiger partial charge in [-0.3, -0.25) is 0 Å². The van der Waals surface area contributed by atoms with Gasteiger partial charge >= 0.3 is 0 Å². The van der Waals surface area contributed by atoms with Crippen LogP contribution in [0.4, 0.5) is 8.78 Å². The lowest BCUT2D eigenvalue weighted by Gasteiger charge is -2.10. The molecule has 0 atom stereocenters. The summed E-state index contributed by atoms with van der Waals surface area (Å²) < 4.78 is 32.3. The first-order valence-corrected chi connectivity index (χ1v) is 6.37. The molecule has 2 aromatic rings. The number of hydrogen-bond acceptors (Lipinski definition) is 2. The molecule has 1 N–H and O–H groups in total. The Morgan fingerprint density at radius 2 is 1.95 bits per heavy atom. The van der Waals surface area contributed by atoms with Gasteiger partial charge in [0.15, 0.2) is 0 Å². The number of aryl methyl sites for hydroxylation is 1. The Bertz CT molecular complexity index is 700. The molecule has 0 radical (unpaired) electrons. The van der Waals surface area contributed by atoms with Crippen molar-refractivity contribution in [2.24, 2.45) is 0 Å². The Labute approximate surface area is 122 Å². The van der Waals surface area contributed by atoms with Gasteiger partial charge in [0.2, 0.25) is 0 Å². The predicted molar refractivity (Wildman–Crippen MR) is 75.8 cm³/mol. The predicted octanol–water partition coefficient (Wildman–Crippen LogP) is 3.20. The lowest BCUT2D eigenvalue weighted by atomic mass is 10.1. The molecule has 0 aliphatic rings. The van der Waals surface area contributed by atoms with Crippen LogP contribution in [-0.4, -0.2) is 11.7 Å². The van der Waals surface area contributed by atoms with Gasteiger partial charge in [0.05, 0.1) is 0 Å². The van der Waals surface area contributed by atoms with E-state index >= 15 is 0 Å². The van der Waals surface area contributed by atoms with Crippen molar-refractivity contribution in [2.45, 2.75) is 13.5 Å². The minimum absolute atomic E-state index is 0.0476. The van der Waals surface area contributed by atoms with E-state index in [1.807, 2.05) is 0 Å². The maximum atomic E-state index is 13.9. The van der Waals surface area contributed by atoms with Gasteiger partial charge in [0.25, 0.3) is 0 Å². The van der Waals surface area contributed by atoms with Crippen molar-refractivity contribution in [1.29, 1.82) is 0 Å². The standard InChI is InChI=1S/C17H14F2O2/c1-12-9-15(18)6-7-17(12)21-11-14-5-4-13(3-2-8-20)10-16(14)19/h4-7,9-10,20H,8,11H2,1H3. The number of rotatable bonds is 3. The molecule has 21 heavy (non-hydrogen) atoms. The minimum Gasteiger partial charge on any atom is -0.489 e. The molecule has 0 aliphatic carbocycles. The smallest absolute Gasteiger partial charge is 0.131 e. The van der Waals surface area contributed by atoms with Crippen molar-refractivity contribution in [1.82, 2.24) is 0 Å². The zero-order valence-corrected chi connectivity index (χ0v) is 11.5. The van der Waals surface area contributed by atoms with Crippen LogP contribution in [-0.2, 0) is 6.61 Å². The van der Waals surface area contributed by atoms with E-state index in [1.165, 1.54) is 24.3 Å². The molecular formula is C17H14F2O2. The Morgan fingerprint density at radius 3 is 2.62 bits per heavy atom. The topological polar surface area (TPSA) is 29.5 Å². The number of aliphatic hydroxyl groups excluding tert-OH is 1. The summed E-state index contributed by atoms with van der Waals surface area (Å²) in [5.74, 6) is 4.83. The number of aliphatic hydroxyl groups is 1. The first-order chi connectivity index (χ1) is 10.1. The first-order valence-electron chi connectivity index (χ1n) is 6.37. The van der Waals surface area contributed by atoms with Crippen LogP contribution in [0.2, 0.25) is 0 Å². The maximum absolute atomic E-state index is 13.9. The highest BCUT2D eigenvalue weighted by molar-refractivity contribution is 5.37. The van der Waals surface area contributed by atoms with Gasteiger partial charge in [-0.05, 0) is 42.8 Å². The van der Waals surface area contributed by atoms with Crippen LogP contribution in [0.3, 0.4) is 0 Å². The SMILES string of the molecule is Cc1cc(F)ccc1OCc1ccc(C#CCO)cc1F. The molecule has 0 aromatic heterocycles. The molecule has 0 aliphatic heterocycles. The van der Waals surface area contributed by atoms with Crippen molar-refractivity contribution < 1.29 is 18.6 Å². The highest BCUT2D eigenvalue weighted by atomic mass is 19.1. The lowest BCUT2D eigenvalue weighted by Crippen LogP contribution is -2.00. The van der Waals surface area contributed by atoms with E-state index in [4.69, 9.17) is 9.84 Å². The summed E-state index contributed by atoms with van der Waals surface area (Å²) in [6.07, 6.45) is 0. The Kier molecular flexibility index (Phi) is 4.91. The van der Waals surface area contributed by atoms with Gasteiger partial charge in [0, 0.05) is 11.1 Å². The van der Waals surface area contributed by atoms with Crippen molar-refractivity contribution in [3.8, 4) is 17.6 Å². The third-order valence-electron chi connectivity index (χ3n) is 2.89. The van der Waals surface area contributed by atoms with E-state index in [0.717, 1.165) is 0 Å². The molecule has 0 saturated heterocycles. The molecule has 108 valence electrons. The molecule has 0 fully saturated rings. The number of ether oxygens (including phenoxy) is 1. The summed E-state index contributed by atoms with van der Waals surface area (Å²) in [6.45, 7) is 1.50. The van der Waals surface area contributed by atoms with Crippen molar-refractivity contribution in [2.75, 3.05) is 6.61 Å². The van der Waals surface area contributed by atoms with Gasteiger partial charge in [-0.1, -0.05) is 17.9 Å². The number of benzene rings is 2. The minimum atomic E-state index is -0.431. The fourth-order valence-corrected chi connectivity index (χ4v) is 1.81. The van der Waals surface area contributed by atoms with Gasteiger partial charge in [-0.15, -0.1) is 0 Å². The van der Waals surface area contributed by atoms with Crippen LogP contribution in [0.15, 0.2) is 36.4 Å². The normalized spacial score (nSPS) is 9.90. The van der Waals surface area contributed by atoms with Crippen LogP contribution in [0.1, 0.15) is 16.7 Å². The van der Waals surface area contributed by atoms with Gasteiger partial charge in [-0.2, -0.15) is 0 Å². The van der Waals surface area contributed by atoms with Crippen LogP contribution < -0.4 is 4.74 Å². The Hall–Kier alpha value is -2.38. The van der Waals surface area contributed by atoms with Gasteiger partial charge < -0.3 is 9.84 Å². The molecule has 0 unspecified atom stereocenters. The van der Waals surface area contributed by atoms with E-state index in [2.05, 4.69) is 11.8 Å². The van der Waals surface area contributed by atoms with Gasteiger partial charge in [0.1, 0.15) is 30.6 Å². The molecule has 0 heterocycles. The van der Waals surface area contributed by atoms with Crippen LogP contribution >= 0.6 is 0 Å². The van der Waals surface area contributed by atoms with E-state index < -0.39 is 5.82 Å². The van der Waals surface area contributed by atoms with Crippen molar-refractivity contribution in [3.63, 3.8) is 0 Å². The summed E-state index contributed by atoms with van der Waals surface area (Å²) >= 11 is 0. The quantitative estimate of drug-likeness (QED) is 0.879. The summed E-state index contributed by atoms with van der Waals surface area (Å²) in [7, 11) is 0. The third-order valence-corrected chi connectivity index (χ3v) is 2.89. The fourth-order valence-electron chi connectivity index (χ4n) is 1.81. The maximum Gasteiger partial charge on any atom is 0.131 e. The third kappa shape index (κ3) is 4.04. The summed E-state index contributed by atoms with van der Waals surface area (Å²) in [5.41, 5.74) is 1.53. The van der Waals surface area contributed by atoms with E-state index in [0.29, 0.717) is 22.4 Å². The van der Waals surface area contributed by atoms with E-state index in [9.17, 15) is 8.78 Å². The molecule has 2 rings (SSSR count). The van der Waals surface area contributed by atoms with E-state index in [1.54, 1.807) is 19.1 Å². The Balaban J connectivity index is 2.09. The zero-order valence-electron chi connectivity index (χ0n) is 11.5. The summed E-state index contributed by atoms with van der Waals surface area (Å²) in [5, 5.41) is 8.59. The molecule has 0 spiro atoms. The highest BCUT2D eigenvalue weighted by Crippen LogP contribution is 2.20. The largest absolute Gasteiger partial charge is 0.489 e. The second-order valence-corrected chi connectivity index (χ2v) is 4.46. The van der Waals surface area contributed by atoms with E-state index in [-0.39, 0.29) is 19.0 Å². The van der Waals surface area contributed by atoms with Crippen LogP contribution in [0.5, 0.6) is 5.75 Å². The monoisotopic (exact) mass is 288 g/mol. The zero-order chi connectivity index (χ0) is 15.2. The van der Waals surface area contributed by atoms with Crippen molar-refractivity contribution in [3.05, 3.63) is 64.7 Å². The molecular weight excluding hydrogens is 274 g/mol. The molecule has 0 saturated carbocycles. The second kappa shape index (κ2) is 6.87. The van der Waals surface area contributed by atoms with Gasteiger partial charge in [-0.25, -0.2) is 8.78 Å². The molecule has 4 heteroatoms. The Morgan fingerprint density at radius 1 is 1.14 bits per heavy atom. The molecule has 2 aromatic carbocycles. The fraction of sp³-hybridized carbons (Fsp3) is 0.176. The summed E-state index contributed by atoms with van der Waals surface area (Å²) in [4.78, 5) is 0. The average Bonchev–Trinajstić information content (AvgIpc) is 2.45. The highest BCUT2D eigenvalue weighted by Gasteiger charge is 2.06. The molecule has 0 bridgehead atoms.